The number of sulfonamides is 1. The van der Waals surface area contributed by atoms with Gasteiger partial charge in [-0.15, -0.1) is 0 Å². The van der Waals surface area contributed by atoms with Crippen molar-refractivity contribution in [2.24, 2.45) is 11.7 Å². The molecule has 0 aromatic carbocycles. The molecule has 1 aromatic rings. The molecule has 3 aliphatic heterocycles. The van der Waals surface area contributed by atoms with Gasteiger partial charge in [-0.05, 0) is 24.1 Å². The third-order valence-corrected chi connectivity index (χ3v) is 8.00. The molecule has 2 atom stereocenters. The number of pyridine rings is 1. The van der Waals surface area contributed by atoms with E-state index in [1.54, 1.807) is 11.0 Å². The van der Waals surface area contributed by atoms with Crippen LogP contribution in [0.2, 0.25) is 0 Å². The molecule has 1 amide bonds. The normalized spacial score (nSPS) is 26.7. The Morgan fingerprint density at radius 1 is 1.10 bits per heavy atom. The molecule has 3 fully saturated rings. The molecule has 0 bridgehead atoms. The molecule has 31 heavy (non-hydrogen) atoms. The van der Waals surface area contributed by atoms with E-state index in [0.29, 0.717) is 58.0 Å². The summed E-state index contributed by atoms with van der Waals surface area (Å²) in [5, 5.41) is -0.0179. The van der Waals surface area contributed by atoms with E-state index in [4.69, 9.17) is 15.2 Å². The minimum Gasteiger partial charge on any atom is -0.379 e. The average molecular weight is 454 g/mol. The second-order valence-electron chi connectivity index (χ2n) is 8.20. The van der Waals surface area contributed by atoms with Gasteiger partial charge in [0.2, 0.25) is 5.91 Å². The van der Waals surface area contributed by atoms with Gasteiger partial charge in [-0.2, -0.15) is 4.31 Å². The summed E-state index contributed by atoms with van der Waals surface area (Å²) < 4.78 is 39.2. The molecule has 4 heterocycles. The van der Waals surface area contributed by atoms with Crippen LogP contribution in [0.3, 0.4) is 0 Å². The molecule has 0 radical (unpaired) electrons. The zero-order valence-electron chi connectivity index (χ0n) is 17.7. The van der Waals surface area contributed by atoms with Crippen LogP contribution in [0.1, 0.15) is 12.0 Å². The number of piperidine rings is 1. The Balaban J connectivity index is 1.59. The first kappa shape index (κ1) is 22.6. The van der Waals surface area contributed by atoms with Gasteiger partial charge in [-0.25, -0.2) is 13.4 Å². The average Bonchev–Trinajstić information content (AvgIpc) is 2.84. The molecule has 172 valence electrons. The van der Waals surface area contributed by atoms with Gasteiger partial charge >= 0.3 is 0 Å². The Kier molecular flexibility index (Phi) is 7.19. The van der Waals surface area contributed by atoms with Crippen molar-refractivity contribution < 1.29 is 22.7 Å². The molecule has 11 heteroatoms. The fourth-order valence-corrected chi connectivity index (χ4v) is 6.01. The SMILES string of the molecule is NCc1ccnc(S(=O)(=O)N2C[C@@H](C(=O)N3CCOCC3)C[C@@H](N3CCOCC3)C2)c1. The minimum absolute atomic E-state index is 0.00475. The highest BCUT2D eigenvalue weighted by Gasteiger charge is 2.41. The quantitative estimate of drug-likeness (QED) is 0.610. The zero-order valence-corrected chi connectivity index (χ0v) is 18.5. The Hall–Kier alpha value is -1.63. The summed E-state index contributed by atoms with van der Waals surface area (Å²) in [6.45, 7) is 5.56. The van der Waals surface area contributed by atoms with Gasteiger partial charge in [-0.1, -0.05) is 0 Å². The maximum atomic E-state index is 13.5. The number of morpholine rings is 2. The molecular formula is C20H31N5O5S. The van der Waals surface area contributed by atoms with E-state index < -0.39 is 15.9 Å². The van der Waals surface area contributed by atoms with Crippen LogP contribution >= 0.6 is 0 Å². The second kappa shape index (κ2) is 9.88. The number of aromatic nitrogens is 1. The number of nitrogens with two attached hydrogens (primary N) is 1. The van der Waals surface area contributed by atoms with Crippen LogP contribution in [0.4, 0.5) is 0 Å². The highest BCUT2D eigenvalue weighted by molar-refractivity contribution is 7.89. The molecular weight excluding hydrogens is 422 g/mol. The van der Waals surface area contributed by atoms with E-state index in [1.165, 1.54) is 16.6 Å². The molecule has 0 aliphatic carbocycles. The Morgan fingerprint density at radius 2 is 1.77 bits per heavy atom. The predicted molar refractivity (Wildman–Crippen MR) is 113 cm³/mol. The monoisotopic (exact) mass is 453 g/mol. The minimum atomic E-state index is -3.85. The number of carbonyl (C=O) groups excluding carboxylic acids is 1. The molecule has 2 N–H and O–H groups in total. The Morgan fingerprint density at radius 3 is 2.45 bits per heavy atom. The summed E-state index contributed by atoms with van der Waals surface area (Å²) in [6.07, 6.45) is 2.10. The van der Waals surface area contributed by atoms with Gasteiger partial charge in [0.25, 0.3) is 10.0 Å². The molecule has 4 rings (SSSR count). The molecule has 3 aliphatic rings. The van der Waals surface area contributed by atoms with Gasteiger partial charge in [0.15, 0.2) is 5.03 Å². The lowest BCUT2D eigenvalue weighted by Gasteiger charge is -2.43. The number of hydrogen-bond donors (Lipinski definition) is 1. The third kappa shape index (κ3) is 5.07. The molecule has 0 saturated carbocycles. The van der Waals surface area contributed by atoms with E-state index in [0.717, 1.165) is 13.1 Å². The highest BCUT2D eigenvalue weighted by Crippen LogP contribution is 2.28. The number of hydrogen-bond acceptors (Lipinski definition) is 8. The standard InChI is InChI=1S/C20H31N5O5S/c21-13-16-1-2-22-19(11-16)31(27,28)25-14-17(20(26)24-5-9-30-10-6-24)12-18(15-25)23-3-7-29-8-4-23/h1-2,11,17-18H,3-10,12-15,21H2/t17-,18+/m0/s1. The van der Waals surface area contributed by atoms with E-state index in [-0.39, 0.29) is 30.1 Å². The summed E-state index contributed by atoms with van der Waals surface area (Å²) in [4.78, 5) is 21.4. The summed E-state index contributed by atoms with van der Waals surface area (Å²) in [7, 11) is -3.85. The zero-order chi connectivity index (χ0) is 21.8. The molecule has 0 unspecified atom stereocenters. The lowest BCUT2D eigenvalue weighted by Crippen LogP contribution is -2.58. The second-order valence-corrected chi connectivity index (χ2v) is 10.1. The van der Waals surface area contributed by atoms with E-state index in [9.17, 15) is 13.2 Å². The lowest BCUT2D eigenvalue weighted by molar-refractivity contribution is -0.142. The van der Waals surface area contributed by atoms with Crippen molar-refractivity contribution in [3.8, 4) is 0 Å². The number of carbonyl (C=O) groups is 1. The summed E-state index contributed by atoms with van der Waals surface area (Å²) >= 11 is 0. The predicted octanol–water partition coefficient (Wildman–Crippen LogP) is -0.889. The van der Waals surface area contributed by atoms with Crippen molar-refractivity contribution in [3.05, 3.63) is 23.9 Å². The summed E-state index contributed by atoms with van der Waals surface area (Å²) in [5.41, 5.74) is 6.39. The maximum Gasteiger partial charge on any atom is 0.260 e. The summed E-state index contributed by atoms with van der Waals surface area (Å²) in [5.74, 6) is -0.391. The highest BCUT2D eigenvalue weighted by atomic mass is 32.2. The van der Waals surface area contributed by atoms with Crippen LogP contribution in [0, 0.1) is 5.92 Å². The number of amides is 1. The fourth-order valence-electron chi connectivity index (χ4n) is 4.51. The topological polar surface area (TPSA) is 118 Å². The van der Waals surface area contributed by atoms with Gasteiger partial charge in [0.1, 0.15) is 0 Å². The number of ether oxygens (including phenoxy) is 2. The number of nitrogens with zero attached hydrogens (tertiary/aromatic N) is 4. The van der Waals surface area contributed by atoms with Crippen molar-refractivity contribution >= 4 is 15.9 Å². The van der Waals surface area contributed by atoms with Gasteiger partial charge in [-0.3, -0.25) is 9.69 Å². The van der Waals surface area contributed by atoms with Crippen molar-refractivity contribution in [2.45, 2.75) is 24.0 Å². The maximum absolute atomic E-state index is 13.5. The van der Waals surface area contributed by atoms with Crippen LogP contribution in [0.15, 0.2) is 23.4 Å². The Labute approximate surface area is 183 Å². The lowest BCUT2D eigenvalue weighted by atomic mass is 9.93. The van der Waals surface area contributed by atoms with Crippen molar-refractivity contribution in [2.75, 3.05) is 65.7 Å². The molecule has 10 nitrogen and oxygen atoms in total. The van der Waals surface area contributed by atoms with Crippen LogP contribution in [0.5, 0.6) is 0 Å². The van der Waals surface area contributed by atoms with Crippen molar-refractivity contribution in [1.29, 1.82) is 0 Å². The van der Waals surface area contributed by atoms with Gasteiger partial charge in [0, 0.05) is 58.1 Å². The van der Waals surface area contributed by atoms with Gasteiger partial charge < -0.3 is 20.1 Å². The smallest absolute Gasteiger partial charge is 0.260 e. The van der Waals surface area contributed by atoms with E-state index in [2.05, 4.69) is 9.88 Å². The van der Waals surface area contributed by atoms with Crippen LogP contribution in [-0.4, -0.2) is 105 Å². The van der Waals surface area contributed by atoms with Crippen molar-refractivity contribution in [3.63, 3.8) is 0 Å². The van der Waals surface area contributed by atoms with Crippen LogP contribution < -0.4 is 5.73 Å². The third-order valence-electron chi connectivity index (χ3n) is 6.27. The molecule has 0 spiro atoms. The van der Waals surface area contributed by atoms with E-state index in [1.807, 2.05) is 0 Å². The van der Waals surface area contributed by atoms with Crippen molar-refractivity contribution in [1.82, 2.24) is 19.1 Å². The van der Waals surface area contributed by atoms with E-state index >= 15 is 0 Å². The summed E-state index contributed by atoms with van der Waals surface area (Å²) in [6, 6.07) is 3.18. The fraction of sp³-hybridized carbons (Fsp3) is 0.700. The van der Waals surface area contributed by atoms with Gasteiger partial charge in [0.05, 0.1) is 32.3 Å². The molecule has 3 saturated heterocycles. The first-order valence-corrected chi connectivity index (χ1v) is 12.3. The number of rotatable bonds is 5. The van der Waals surface area contributed by atoms with Crippen LogP contribution in [0.25, 0.3) is 0 Å². The Bertz CT molecular complexity index is 870. The first-order chi connectivity index (χ1) is 15.0. The first-order valence-electron chi connectivity index (χ1n) is 10.8. The van der Waals surface area contributed by atoms with Crippen LogP contribution in [-0.2, 0) is 30.8 Å². The molecule has 1 aromatic heterocycles. The largest absolute Gasteiger partial charge is 0.379 e.